The second-order valence-electron chi connectivity index (χ2n) is 3.36. The Morgan fingerprint density at radius 2 is 1.82 bits per heavy atom. The van der Waals surface area contributed by atoms with Crippen molar-refractivity contribution in [3.05, 3.63) is 0 Å². The van der Waals surface area contributed by atoms with E-state index in [2.05, 4.69) is 0 Å². The predicted molar refractivity (Wildman–Crippen MR) is 46.8 cm³/mol. The predicted octanol–water partition coefficient (Wildman–Crippen LogP) is 1.71. The zero-order valence-electron chi connectivity index (χ0n) is 6.91. The molecule has 2 atom stereocenters. The third-order valence-corrected chi connectivity index (χ3v) is 3.80. The standard InChI is InChI=1S/C8H14O2S/c1-5-3-11-4-6(2)7(5)8(9)10/h5-7H,3-4H2,1-2H3,(H,9,10). The van der Waals surface area contributed by atoms with Crippen molar-refractivity contribution in [2.45, 2.75) is 13.8 Å². The molecule has 2 nitrogen and oxygen atoms in total. The van der Waals surface area contributed by atoms with Crippen molar-refractivity contribution in [3.63, 3.8) is 0 Å². The molecule has 1 aliphatic rings. The maximum Gasteiger partial charge on any atom is 0.307 e. The van der Waals surface area contributed by atoms with Crippen LogP contribution in [0.25, 0.3) is 0 Å². The van der Waals surface area contributed by atoms with Gasteiger partial charge in [0.15, 0.2) is 0 Å². The van der Waals surface area contributed by atoms with Crippen LogP contribution in [-0.4, -0.2) is 22.6 Å². The number of hydrogen-bond donors (Lipinski definition) is 1. The van der Waals surface area contributed by atoms with Gasteiger partial charge in [-0.3, -0.25) is 4.79 Å². The Labute approximate surface area is 71.4 Å². The highest BCUT2D eigenvalue weighted by atomic mass is 32.2. The van der Waals surface area contributed by atoms with Crippen molar-refractivity contribution in [2.75, 3.05) is 11.5 Å². The van der Waals surface area contributed by atoms with Gasteiger partial charge >= 0.3 is 5.97 Å². The fourth-order valence-corrected chi connectivity index (χ4v) is 2.99. The van der Waals surface area contributed by atoms with Crippen molar-refractivity contribution in [3.8, 4) is 0 Å². The normalized spacial score (nSPS) is 38.5. The molecular weight excluding hydrogens is 160 g/mol. The molecule has 1 fully saturated rings. The molecule has 0 spiro atoms. The van der Waals surface area contributed by atoms with Gasteiger partial charge in [-0.2, -0.15) is 11.8 Å². The van der Waals surface area contributed by atoms with Crippen molar-refractivity contribution in [1.82, 2.24) is 0 Å². The Morgan fingerprint density at radius 3 is 2.09 bits per heavy atom. The number of carbonyl (C=O) groups is 1. The summed E-state index contributed by atoms with van der Waals surface area (Å²) >= 11 is 1.87. The summed E-state index contributed by atoms with van der Waals surface area (Å²) < 4.78 is 0. The van der Waals surface area contributed by atoms with Gasteiger partial charge in [0.05, 0.1) is 5.92 Å². The van der Waals surface area contributed by atoms with E-state index in [1.807, 2.05) is 25.6 Å². The zero-order chi connectivity index (χ0) is 8.43. The van der Waals surface area contributed by atoms with E-state index in [0.29, 0.717) is 11.8 Å². The molecule has 1 rings (SSSR count). The summed E-state index contributed by atoms with van der Waals surface area (Å²) in [6, 6.07) is 0. The molecule has 0 amide bonds. The van der Waals surface area contributed by atoms with Crippen LogP contribution in [0.5, 0.6) is 0 Å². The number of aliphatic carboxylic acids is 1. The van der Waals surface area contributed by atoms with E-state index >= 15 is 0 Å². The van der Waals surface area contributed by atoms with Crippen molar-refractivity contribution in [2.24, 2.45) is 17.8 Å². The van der Waals surface area contributed by atoms with Crippen LogP contribution in [0.1, 0.15) is 13.8 Å². The topological polar surface area (TPSA) is 37.3 Å². The second kappa shape index (κ2) is 3.48. The maximum atomic E-state index is 10.8. The lowest BCUT2D eigenvalue weighted by Crippen LogP contribution is -2.34. The summed E-state index contributed by atoms with van der Waals surface area (Å²) in [6.07, 6.45) is 0. The lowest BCUT2D eigenvalue weighted by atomic mass is 9.85. The number of thioether (sulfide) groups is 1. The average molecular weight is 174 g/mol. The van der Waals surface area contributed by atoms with Crippen molar-refractivity contribution < 1.29 is 9.90 Å². The van der Waals surface area contributed by atoms with Gasteiger partial charge in [-0.25, -0.2) is 0 Å². The first-order valence-corrected chi connectivity index (χ1v) is 5.09. The number of rotatable bonds is 1. The minimum atomic E-state index is -0.620. The van der Waals surface area contributed by atoms with Crippen LogP contribution in [-0.2, 0) is 4.79 Å². The summed E-state index contributed by atoms with van der Waals surface area (Å²) in [5.41, 5.74) is 0. The second-order valence-corrected chi connectivity index (χ2v) is 4.43. The molecule has 0 bridgehead atoms. The Hall–Kier alpha value is -0.180. The van der Waals surface area contributed by atoms with Crippen LogP contribution in [0.3, 0.4) is 0 Å². The Bertz CT molecular complexity index is 148. The van der Waals surface area contributed by atoms with Crippen LogP contribution in [0, 0.1) is 17.8 Å². The Kier molecular flexibility index (Phi) is 2.82. The third-order valence-electron chi connectivity index (χ3n) is 2.27. The fourth-order valence-electron chi connectivity index (χ4n) is 1.69. The first-order chi connectivity index (χ1) is 5.13. The molecule has 0 aromatic carbocycles. The summed E-state index contributed by atoms with van der Waals surface area (Å²) in [5.74, 6) is 1.94. The summed E-state index contributed by atoms with van der Waals surface area (Å²) in [4.78, 5) is 10.8. The molecule has 1 saturated heterocycles. The lowest BCUT2D eigenvalue weighted by Gasteiger charge is -2.30. The quantitative estimate of drug-likeness (QED) is 0.657. The highest BCUT2D eigenvalue weighted by Gasteiger charge is 2.33. The summed E-state index contributed by atoms with van der Waals surface area (Å²) in [7, 11) is 0. The van der Waals surface area contributed by atoms with E-state index in [1.165, 1.54) is 0 Å². The van der Waals surface area contributed by atoms with E-state index in [-0.39, 0.29) is 5.92 Å². The molecule has 2 unspecified atom stereocenters. The molecular formula is C8H14O2S. The molecule has 1 N–H and O–H groups in total. The molecule has 1 aliphatic heterocycles. The molecule has 0 aliphatic carbocycles. The fraction of sp³-hybridized carbons (Fsp3) is 0.875. The zero-order valence-corrected chi connectivity index (χ0v) is 7.73. The number of carboxylic acids is 1. The van der Waals surface area contributed by atoms with Gasteiger partial charge in [0, 0.05) is 0 Å². The van der Waals surface area contributed by atoms with E-state index in [0.717, 1.165) is 11.5 Å². The summed E-state index contributed by atoms with van der Waals surface area (Å²) in [6.45, 7) is 4.06. The SMILES string of the molecule is CC1CSCC(C)C1C(=O)O. The minimum Gasteiger partial charge on any atom is -0.481 e. The van der Waals surface area contributed by atoms with Crippen LogP contribution in [0.2, 0.25) is 0 Å². The van der Waals surface area contributed by atoms with Crippen molar-refractivity contribution >= 4 is 17.7 Å². The van der Waals surface area contributed by atoms with E-state index in [1.54, 1.807) is 0 Å². The molecule has 0 saturated carbocycles. The Morgan fingerprint density at radius 1 is 1.36 bits per heavy atom. The van der Waals surface area contributed by atoms with Gasteiger partial charge in [-0.05, 0) is 23.3 Å². The number of hydrogen-bond acceptors (Lipinski definition) is 2. The lowest BCUT2D eigenvalue weighted by molar-refractivity contribution is -0.145. The molecule has 64 valence electrons. The maximum absolute atomic E-state index is 10.8. The van der Waals surface area contributed by atoms with Gasteiger partial charge in [0.2, 0.25) is 0 Å². The third kappa shape index (κ3) is 1.89. The highest BCUT2D eigenvalue weighted by Crippen LogP contribution is 2.32. The minimum absolute atomic E-state index is 0.115. The smallest absolute Gasteiger partial charge is 0.307 e. The van der Waals surface area contributed by atoms with Gasteiger partial charge in [0.25, 0.3) is 0 Å². The van der Waals surface area contributed by atoms with E-state index in [4.69, 9.17) is 5.11 Å². The number of carboxylic acid groups (broad SMARTS) is 1. The van der Waals surface area contributed by atoms with Crippen LogP contribution >= 0.6 is 11.8 Å². The first kappa shape index (κ1) is 8.91. The molecule has 0 aromatic heterocycles. The van der Waals surface area contributed by atoms with Gasteiger partial charge in [-0.1, -0.05) is 13.8 Å². The molecule has 0 aromatic rings. The van der Waals surface area contributed by atoms with Crippen LogP contribution in [0.4, 0.5) is 0 Å². The van der Waals surface area contributed by atoms with Gasteiger partial charge in [0.1, 0.15) is 0 Å². The van der Waals surface area contributed by atoms with Crippen LogP contribution < -0.4 is 0 Å². The molecule has 11 heavy (non-hydrogen) atoms. The van der Waals surface area contributed by atoms with E-state index in [9.17, 15) is 4.79 Å². The van der Waals surface area contributed by atoms with Crippen molar-refractivity contribution in [1.29, 1.82) is 0 Å². The molecule has 0 radical (unpaired) electrons. The first-order valence-electron chi connectivity index (χ1n) is 3.93. The molecule has 1 heterocycles. The highest BCUT2D eigenvalue weighted by molar-refractivity contribution is 7.99. The molecule has 3 heteroatoms. The monoisotopic (exact) mass is 174 g/mol. The van der Waals surface area contributed by atoms with Gasteiger partial charge < -0.3 is 5.11 Å². The van der Waals surface area contributed by atoms with E-state index < -0.39 is 5.97 Å². The van der Waals surface area contributed by atoms with Crippen LogP contribution in [0.15, 0.2) is 0 Å². The Balaban J connectivity index is 2.62. The summed E-state index contributed by atoms with van der Waals surface area (Å²) in [5, 5.41) is 8.87. The van der Waals surface area contributed by atoms with Gasteiger partial charge in [-0.15, -0.1) is 0 Å². The largest absolute Gasteiger partial charge is 0.481 e. The average Bonchev–Trinajstić information content (AvgIpc) is 1.85.